The topological polar surface area (TPSA) is 187 Å². The van der Waals surface area contributed by atoms with E-state index in [-0.39, 0.29) is 19.3 Å². The molecule has 210 valence electrons. The molecular weight excluding hydrogens is 500 g/mol. The first-order valence-corrected chi connectivity index (χ1v) is 13.1. The van der Waals surface area contributed by atoms with Crippen LogP contribution in [0.3, 0.4) is 0 Å². The number of aliphatic hydroxyl groups excluding tert-OH is 3. The van der Waals surface area contributed by atoms with Gasteiger partial charge in [-0.15, -0.1) is 0 Å². The molecule has 0 spiro atoms. The third kappa shape index (κ3) is 2.44. The van der Waals surface area contributed by atoms with E-state index >= 15 is 0 Å². The molecule has 11 heteroatoms. The van der Waals surface area contributed by atoms with Crippen molar-refractivity contribution in [1.29, 1.82) is 0 Å². The highest BCUT2D eigenvalue weighted by molar-refractivity contribution is 5.76. The maximum absolute atomic E-state index is 13.0. The van der Waals surface area contributed by atoms with Crippen LogP contribution in [0, 0.1) is 34.0 Å². The second kappa shape index (κ2) is 7.38. The Morgan fingerprint density at radius 3 is 2.47 bits per heavy atom. The van der Waals surface area contributed by atoms with Gasteiger partial charge in [0.05, 0.1) is 43.9 Å². The zero-order valence-corrected chi connectivity index (χ0v) is 21.8. The summed E-state index contributed by atoms with van der Waals surface area (Å²) >= 11 is 0. The third-order valence-electron chi connectivity index (χ3n) is 11.9. The molecule has 0 amide bonds. The molecular formula is C27H36O11. The van der Waals surface area contributed by atoms with E-state index in [1.165, 1.54) is 12.5 Å². The van der Waals surface area contributed by atoms with Crippen molar-refractivity contribution in [2.75, 3.05) is 7.11 Å². The Hall–Kier alpha value is -2.02. The van der Waals surface area contributed by atoms with Gasteiger partial charge in [-0.2, -0.15) is 0 Å². The summed E-state index contributed by atoms with van der Waals surface area (Å²) in [6.45, 7) is 4.93. The number of carbonyl (C=O) groups is 2. The lowest BCUT2D eigenvalue weighted by atomic mass is 9.44. The van der Waals surface area contributed by atoms with Gasteiger partial charge in [0.2, 0.25) is 0 Å². The van der Waals surface area contributed by atoms with E-state index in [1.54, 1.807) is 26.8 Å². The van der Waals surface area contributed by atoms with E-state index in [2.05, 4.69) is 0 Å². The number of furan rings is 1. The molecule has 2 bridgehead atoms. The Bertz CT molecular complexity index is 1190. The maximum atomic E-state index is 13.0. The summed E-state index contributed by atoms with van der Waals surface area (Å²) in [6.07, 6.45) is -3.59. The number of methoxy groups -OCH3 is 1. The normalized spacial score (nSPS) is 55.6. The van der Waals surface area contributed by atoms with Crippen molar-refractivity contribution in [3.8, 4) is 0 Å². The van der Waals surface area contributed by atoms with Gasteiger partial charge < -0.3 is 44.5 Å². The van der Waals surface area contributed by atoms with Crippen molar-refractivity contribution in [2.24, 2.45) is 34.0 Å². The van der Waals surface area contributed by atoms with Gasteiger partial charge in [-0.05, 0) is 31.2 Å². The molecule has 4 saturated carbocycles. The number of rotatable bonds is 3. The van der Waals surface area contributed by atoms with Crippen LogP contribution in [0.4, 0.5) is 0 Å². The molecule has 11 nitrogen and oxygen atoms in total. The maximum Gasteiger partial charge on any atom is 0.335 e. The minimum Gasteiger partial charge on any atom is -0.472 e. The second-order valence-electron chi connectivity index (χ2n) is 13.0. The van der Waals surface area contributed by atoms with Crippen LogP contribution in [0.1, 0.15) is 58.1 Å². The van der Waals surface area contributed by atoms with Crippen LogP contribution in [0.25, 0.3) is 0 Å². The minimum absolute atomic E-state index is 0.153. The highest BCUT2D eigenvalue weighted by Crippen LogP contribution is 2.82. The summed E-state index contributed by atoms with van der Waals surface area (Å²) in [7, 11) is 1.11. The van der Waals surface area contributed by atoms with Crippen molar-refractivity contribution in [1.82, 2.24) is 0 Å². The molecule has 0 unspecified atom stereocenters. The van der Waals surface area contributed by atoms with Crippen LogP contribution >= 0.6 is 0 Å². The highest BCUT2D eigenvalue weighted by Gasteiger charge is 2.91. The molecule has 38 heavy (non-hydrogen) atoms. The van der Waals surface area contributed by atoms with Gasteiger partial charge >= 0.3 is 11.9 Å². The Morgan fingerprint density at radius 1 is 1.18 bits per heavy atom. The number of ether oxygens (including phenoxy) is 2. The van der Waals surface area contributed by atoms with Crippen LogP contribution in [0.5, 0.6) is 0 Å². The molecule has 0 radical (unpaired) electrons. The minimum atomic E-state index is -2.30. The molecule has 13 atom stereocenters. The quantitative estimate of drug-likeness (QED) is 0.281. The fraction of sp³-hybridized carbons (Fsp3) is 0.778. The number of esters is 2. The first-order chi connectivity index (χ1) is 17.6. The van der Waals surface area contributed by atoms with Gasteiger partial charge in [0.1, 0.15) is 17.3 Å². The molecule has 4 aliphatic carbocycles. The summed E-state index contributed by atoms with van der Waals surface area (Å²) in [6, 6.07) is 1.61. The number of aliphatic hydroxyl groups is 6. The predicted molar refractivity (Wildman–Crippen MR) is 126 cm³/mol. The Labute approximate surface area is 219 Å². The van der Waals surface area contributed by atoms with Crippen LogP contribution < -0.4 is 0 Å². The molecule has 2 heterocycles. The molecule has 6 N–H and O–H groups in total. The fourth-order valence-corrected chi connectivity index (χ4v) is 10.4. The number of hydrogen-bond acceptors (Lipinski definition) is 11. The lowest BCUT2D eigenvalue weighted by molar-refractivity contribution is -0.335. The van der Waals surface area contributed by atoms with E-state index < -0.39 is 93.6 Å². The molecule has 5 aliphatic rings. The summed E-state index contributed by atoms with van der Waals surface area (Å²) in [4.78, 5) is 25.7. The summed E-state index contributed by atoms with van der Waals surface area (Å²) in [5, 5.41) is 72.2. The Morgan fingerprint density at radius 2 is 1.87 bits per heavy atom. The number of cyclic esters (lactones) is 1. The lowest BCUT2D eigenvalue weighted by Crippen LogP contribution is -2.78. The zero-order valence-electron chi connectivity index (χ0n) is 21.8. The summed E-state index contributed by atoms with van der Waals surface area (Å²) < 4.78 is 15.7. The molecule has 1 aliphatic heterocycles. The van der Waals surface area contributed by atoms with Gasteiger partial charge in [0.25, 0.3) is 0 Å². The van der Waals surface area contributed by atoms with Gasteiger partial charge in [0.15, 0.2) is 6.10 Å². The Balaban J connectivity index is 1.60. The van der Waals surface area contributed by atoms with Crippen molar-refractivity contribution in [2.45, 2.75) is 87.7 Å². The molecule has 6 rings (SSSR count). The molecule has 5 fully saturated rings. The van der Waals surface area contributed by atoms with Crippen LogP contribution in [-0.4, -0.2) is 84.8 Å². The first-order valence-electron chi connectivity index (χ1n) is 13.1. The van der Waals surface area contributed by atoms with Crippen LogP contribution in [-0.2, 0) is 19.1 Å². The van der Waals surface area contributed by atoms with Crippen molar-refractivity contribution < 1.29 is 54.1 Å². The second-order valence-corrected chi connectivity index (χ2v) is 13.0. The van der Waals surface area contributed by atoms with Gasteiger partial charge in [-0.3, -0.25) is 4.79 Å². The average molecular weight is 537 g/mol. The van der Waals surface area contributed by atoms with Gasteiger partial charge in [0, 0.05) is 33.6 Å². The Kier molecular flexibility index (Phi) is 5.09. The van der Waals surface area contributed by atoms with E-state index in [9.17, 15) is 40.2 Å². The predicted octanol–water partition coefficient (Wildman–Crippen LogP) is -0.191. The zero-order chi connectivity index (χ0) is 27.8. The molecule has 0 aromatic carbocycles. The van der Waals surface area contributed by atoms with Crippen molar-refractivity contribution in [3.63, 3.8) is 0 Å². The van der Waals surface area contributed by atoms with E-state index in [0.717, 1.165) is 7.11 Å². The molecule has 1 aromatic heterocycles. The van der Waals surface area contributed by atoms with Gasteiger partial charge in [-0.1, -0.05) is 20.8 Å². The monoisotopic (exact) mass is 536 g/mol. The smallest absolute Gasteiger partial charge is 0.335 e. The largest absolute Gasteiger partial charge is 0.472 e. The van der Waals surface area contributed by atoms with Gasteiger partial charge in [-0.25, -0.2) is 4.79 Å². The van der Waals surface area contributed by atoms with Crippen molar-refractivity contribution >= 4 is 11.9 Å². The fourth-order valence-electron chi connectivity index (χ4n) is 10.4. The standard InChI is InChI=1S/C27H36O11/c1-22-11-25(33)18(15(29)19(22)31)27(35)13(24(25,3)17(22)16(30)21(32)36-4)5-7-23(2)20(12-6-8-37-10-12)38-14(28)9-26(23,27)34/h6,8,10,13,15-20,29-31,33-35H,5,7,9,11H2,1-4H3/t13-,15-,16-,17+,18+,19+,20+,22-,23+,24-,25+,26-,27+/m1/s1. The molecule has 1 aromatic rings. The van der Waals surface area contributed by atoms with E-state index in [0.29, 0.717) is 5.56 Å². The van der Waals surface area contributed by atoms with Crippen LogP contribution in [0.15, 0.2) is 23.0 Å². The van der Waals surface area contributed by atoms with E-state index in [4.69, 9.17) is 13.9 Å². The number of carbonyl (C=O) groups excluding carboxylic acids is 2. The number of fused-ring (bicyclic) bond motifs is 6. The number of hydrogen-bond donors (Lipinski definition) is 6. The van der Waals surface area contributed by atoms with E-state index in [1.807, 2.05) is 0 Å². The average Bonchev–Trinajstić information content (AvgIpc) is 3.46. The SMILES string of the molecule is COC(=O)[C@H](O)[C@H]1[C@@]2(C)C[C@]3(O)[C@H]([C@@H](O)[C@@H]2O)[C@@]2(O)[C@H](CC[C@@]4(C)[C@H](c5ccoc5)OC(=O)C[C@]24O)[C@]13C. The highest BCUT2D eigenvalue weighted by atomic mass is 16.6. The van der Waals surface area contributed by atoms with Crippen molar-refractivity contribution in [3.05, 3.63) is 24.2 Å². The molecule has 1 saturated heterocycles. The van der Waals surface area contributed by atoms with Crippen LogP contribution in [0.2, 0.25) is 0 Å². The first kappa shape index (κ1) is 26.2. The summed E-state index contributed by atoms with van der Waals surface area (Å²) in [5.74, 6) is -5.35. The summed E-state index contributed by atoms with van der Waals surface area (Å²) in [5.41, 5.74) is -10.0. The lowest BCUT2D eigenvalue weighted by Gasteiger charge is -2.66. The third-order valence-corrected chi connectivity index (χ3v) is 11.9.